The van der Waals surface area contributed by atoms with Gasteiger partial charge in [0.15, 0.2) is 0 Å². The summed E-state index contributed by atoms with van der Waals surface area (Å²) in [6.07, 6.45) is -0.0272. The van der Waals surface area contributed by atoms with Crippen molar-refractivity contribution in [3.05, 3.63) is 62.6 Å². The number of halogens is 4. The van der Waals surface area contributed by atoms with Crippen LogP contribution in [0.1, 0.15) is 23.5 Å². The first kappa shape index (κ1) is 21.9. The van der Waals surface area contributed by atoms with Crippen molar-refractivity contribution in [3.63, 3.8) is 0 Å². The van der Waals surface area contributed by atoms with Crippen molar-refractivity contribution in [1.29, 1.82) is 0 Å². The molecule has 0 aromatic heterocycles. The average molecular weight is 424 g/mol. The summed E-state index contributed by atoms with van der Waals surface area (Å²) in [7, 11) is 0. The van der Waals surface area contributed by atoms with Crippen LogP contribution in [0, 0.1) is 0 Å². The monoisotopic (exact) mass is 422 g/mol. The predicted octanol–water partition coefficient (Wildman–Crippen LogP) is 5.20. The highest BCUT2D eigenvalue weighted by Gasteiger charge is 2.15. The van der Waals surface area contributed by atoms with Crippen molar-refractivity contribution in [2.24, 2.45) is 5.73 Å². The number of anilines is 1. The average Bonchev–Trinajstić information content (AvgIpc) is 2.53. The summed E-state index contributed by atoms with van der Waals surface area (Å²) in [5.41, 5.74) is 8.10. The largest absolute Gasteiger partial charge is 0.481 e. The van der Waals surface area contributed by atoms with Gasteiger partial charge in [0.05, 0.1) is 17.1 Å². The van der Waals surface area contributed by atoms with E-state index in [2.05, 4.69) is 5.32 Å². The van der Waals surface area contributed by atoms with E-state index in [1.165, 1.54) is 0 Å². The zero-order valence-corrected chi connectivity index (χ0v) is 16.2. The number of hydrogen-bond acceptors (Lipinski definition) is 3. The van der Waals surface area contributed by atoms with E-state index in [-0.39, 0.29) is 31.3 Å². The van der Waals surface area contributed by atoms with Crippen molar-refractivity contribution in [2.75, 3.05) is 11.9 Å². The molecular formula is C17H18Cl4N2O2. The number of carbonyl (C=O) groups is 1. The maximum atomic E-state index is 10.9. The summed E-state index contributed by atoms with van der Waals surface area (Å²) in [5, 5.41) is 13.9. The Hall–Kier alpha value is -1.17. The number of rotatable bonds is 7. The second kappa shape index (κ2) is 10.1. The summed E-state index contributed by atoms with van der Waals surface area (Å²) in [6, 6.07) is 10.6. The van der Waals surface area contributed by atoms with Crippen LogP contribution in [-0.2, 0) is 11.3 Å². The summed E-state index contributed by atoms with van der Waals surface area (Å²) in [6.45, 7) is 0.710. The molecule has 1 atom stereocenters. The molecule has 0 unspecified atom stereocenters. The lowest BCUT2D eigenvalue weighted by Gasteiger charge is -2.16. The molecular weight excluding hydrogens is 406 g/mol. The fourth-order valence-electron chi connectivity index (χ4n) is 2.34. The van der Waals surface area contributed by atoms with Gasteiger partial charge in [0.1, 0.15) is 0 Å². The van der Waals surface area contributed by atoms with Gasteiger partial charge >= 0.3 is 5.97 Å². The first-order valence-corrected chi connectivity index (χ1v) is 8.43. The van der Waals surface area contributed by atoms with Gasteiger partial charge in [-0.05, 0) is 41.9 Å². The van der Waals surface area contributed by atoms with E-state index in [0.29, 0.717) is 27.3 Å². The molecule has 0 radical (unpaired) electrons. The Morgan fingerprint density at radius 3 is 2.44 bits per heavy atom. The Morgan fingerprint density at radius 1 is 1.12 bits per heavy atom. The fourth-order valence-corrected chi connectivity index (χ4v) is 3.00. The minimum absolute atomic E-state index is 0. The van der Waals surface area contributed by atoms with Crippen LogP contribution in [0.25, 0.3) is 0 Å². The van der Waals surface area contributed by atoms with Crippen molar-refractivity contribution < 1.29 is 9.90 Å². The third kappa shape index (κ3) is 6.24. The van der Waals surface area contributed by atoms with Crippen molar-refractivity contribution in [2.45, 2.75) is 18.9 Å². The fraction of sp³-hybridized carbons (Fsp3) is 0.235. The molecule has 8 heteroatoms. The number of hydrogen-bond donors (Lipinski definition) is 3. The SMILES string of the molecule is Cl.NC[C@H](CC(=O)O)c1ccc(Cl)c(NCc2ccc(Cl)cc2Cl)c1. The molecule has 0 amide bonds. The van der Waals surface area contributed by atoms with Gasteiger partial charge in [-0.2, -0.15) is 0 Å². The van der Waals surface area contributed by atoms with E-state index in [1.54, 1.807) is 24.3 Å². The number of benzene rings is 2. The third-order valence-corrected chi connectivity index (χ3v) is 4.57. The molecule has 0 bridgehead atoms. The minimum Gasteiger partial charge on any atom is -0.481 e. The Balaban J connectivity index is 0.00000312. The quantitative estimate of drug-likeness (QED) is 0.572. The van der Waals surface area contributed by atoms with Crippen molar-refractivity contribution in [1.82, 2.24) is 0 Å². The lowest BCUT2D eigenvalue weighted by Crippen LogP contribution is -2.16. The number of nitrogens with one attached hydrogen (secondary N) is 1. The Kier molecular flexibility index (Phi) is 8.83. The van der Waals surface area contributed by atoms with Gasteiger partial charge in [-0.15, -0.1) is 12.4 Å². The summed E-state index contributed by atoms with van der Waals surface area (Å²) >= 11 is 18.3. The summed E-state index contributed by atoms with van der Waals surface area (Å²) in [4.78, 5) is 10.9. The molecule has 0 aliphatic rings. The van der Waals surface area contributed by atoms with E-state index >= 15 is 0 Å². The molecule has 4 N–H and O–H groups in total. The van der Waals surface area contributed by atoms with Crippen LogP contribution in [0.4, 0.5) is 5.69 Å². The first-order chi connectivity index (χ1) is 11.4. The number of carboxylic acids is 1. The van der Waals surface area contributed by atoms with Crippen LogP contribution < -0.4 is 11.1 Å². The lowest BCUT2D eigenvalue weighted by atomic mass is 9.95. The summed E-state index contributed by atoms with van der Waals surface area (Å²) < 4.78 is 0. The molecule has 0 fully saturated rings. The van der Waals surface area contributed by atoms with E-state index in [9.17, 15) is 4.79 Å². The Morgan fingerprint density at radius 2 is 1.84 bits per heavy atom. The molecule has 0 aliphatic heterocycles. The molecule has 0 spiro atoms. The van der Waals surface area contributed by atoms with Gasteiger partial charge < -0.3 is 16.2 Å². The Bertz CT molecular complexity index is 741. The topological polar surface area (TPSA) is 75.4 Å². The van der Waals surface area contributed by atoms with Gasteiger partial charge in [-0.1, -0.05) is 46.9 Å². The lowest BCUT2D eigenvalue weighted by molar-refractivity contribution is -0.137. The highest BCUT2D eigenvalue weighted by Crippen LogP contribution is 2.29. The minimum atomic E-state index is -0.886. The van der Waals surface area contributed by atoms with Crippen LogP contribution in [0.15, 0.2) is 36.4 Å². The Labute approximate surface area is 167 Å². The van der Waals surface area contributed by atoms with E-state index in [1.807, 2.05) is 12.1 Å². The van der Waals surface area contributed by atoms with Crippen molar-refractivity contribution >= 4 is 58.9 Å². The van der Waals surface area contributed by atoms with E-state index in [0.717, 1.165) is 11.1 Å². The molecule has 2 aromatic carbocycles. The van der Waals surface area contributed by atoms with E-state index < -0.39 is 5.97 Å². The molecule has 136 valence electrons. The van der Waals surface area contributed by atoms with Crippen LogP contribution in [0.5, 0.6) is 0 Å². The molecule has 0 saturated heterocycles. The van der Waals surface area contributed by atoms with Crippen molar-refractivity contribution in [3.8, 4) is 0 Å². The van der Waals surface area contributed by atoms with E-state index in [4.69, 9.17) is 45.6 Å². The highest BCUT2D eigenvalue weighted by atomic mass is 35.5. The first-order valence-electron chi connectivity index (χ1n) is 7.29. The molecule has 2 rings (SSSR count). The molecule has 25 heavy (non-hydrogen) atoms. The standard InChI is InChI=1S/C17H17Cl3N2O2.ClH/c18-13-3-1-11(15(20)7-13)9-22-16-5-10(2-4-14(16)19)12(8-21)6-17(23)24;/h1-5,7,12,22H,6,8-9,21H2,(H,23,24);1H/t12-;/m0./s1. The molecule has 4 nitrogen and oxygen atoms in total. The van der Waals surface area contributed by atoms with Gasteiger partial charge in [0.25, 0.3) is 0 Å². The van der Waals surface area contributed by atoms with Crippen LogP contribution in [0.3, 0.4) is 0 Å². The van der Waals surface area contributed by atoms with Gasteiger partial charge in [0.2, 0.25) is 0 Å². The summed E-state index contributed by atoms with van der Waals surface area (Å²) in [5.74, 6) is -1.15. The maximum absolute atomic E-state index is 10.9. The zero-order valence-electron chi connectivity index (χ0n) is 13.1. The third-order valence-electron chi connectivity index (χ3n) is 3.65. The van der Waals surface area contributed by atoms with Crippen LogP contribution in [0.2, 0.25) is 15.1 Å². The molecule has 0 saturated carbocycles. The predicted molar refractivity (Wildman–Crippen MR) is 107 cm³/mol. The van der Waals surface area contributed by atoms with Gasteiger partial charge in [0, 0.05) is 22.5 Å². The number of aliphatic carboxylic acids is 1. The zero-order chi connectivity index (χ0) is 17.7. The maximum Gasteiger partial charge on any atom is 0.304 e. The van der Waals surface area contributed by atoms with Crippen LogP contribution >= 0.6 is 47.2 Å². The number of nitrogens with two attached hydrogens (primary N) is 1. The van der Waals surface area contributed by atoms with Gasteiger partial charge in [-0.25, -0.2) is 0 Å². The molecule has 2 aromatic rings. The second-order valence-corrected chi connectivity index (χ2v) is 6.61. The normalized spacial score (nSPS) is 11.5. The molecule has 0 heterocycles. The number of carboxylic acid groups (broad SMARTS) is 1. The van der Waals surface area contributed by atoms with Crippen LogP contribution in [-0.4, -0.2) is 17.6 Å². The second-order valence-electron chi connectivity index (χ2n) is 5.36. The van der Waals surface area contributed by atoms with Gasteiger partial charge in [-0.3, -0.25) is 4.79 Å². The smallest absolute Gasteiger partial charge is 0.304 e. The highest BCUT2D eigenvalue weighted by molar-refractivity contribution is 6.35. The molecule has 0 aliphatic carbocycles.